The van der Waals surface area contributed by atoms with Gasteiger partial charge in [-0.3, -0.25) is 0 Å². The fraction of sp³-hybridized carbons (Fsp3) is 0.119. The maximum atomic E-state index is 13.2. The van der Waals surface area contributed by atoms with Crippen LogP contribution in [0.1, 0.15) is 25.0 Å². The van der Waals surface area contributed by atoms with Crippen LogP contribution in [0.25, 0.3) is 55.4 Å². The van der Waals surface area contributed by atoms with Crippen molar-refractivity contribution in [1.29, 1.82) is 0 Å². The van der Waals surface area contributed by atoms with E-state index in [1.165, 1.54) is 21.5 Å². The summed E-state index contributed by atoms with van der Waals surface area (Å²) in [7, 11) is 0. The predicted octanol–water partition coefficient (Wildman–Crippen LogP) is 8.29. The van der Waals surface area contributed by atoms with Gasteiger partial charge < -0.3 is 24.8 Å². The number of phenols is 3. The van der Waals surface area contributed by atoms with Gasteiger partial charge in [0.15, 0.2) is 6.61 Å². The van der Waals surface area contributed by atoms with Crippen LogP contribution in [0.15, 0.2) is 113 Å². The van der Waals surface area contributed by atoms with Crippen molar-refractivity contribution in [3.63, 3.8) is 0 Å². The van der Waals surface area contributed by atoms with Crippen molar-refractivity contribution < 1.29 is 29.6 Å². The topological polar surface area (TPSA) is 158 Å². The van der Waals surface area contributed by atoms with E-state index in [9.17, 15) is 20.1 Å². The number of carbonyl (C=O) groups excluding carboxylic acids is 1. The SMILES string of the molecule is CCc1cc(-n2nnc(S)c2-c2cccc3ccc(OCC(=O)Oc4cc(O)c(-n5nnc(S)c5-c5cccc6ccccc56)cc4CC)cc23)c(O)cc1O. The van der Waals surface area contributed by atoms with Gasteiger partial charge in [-0.05, 0) is 69.8 Å². The third-order valence-electron chi connectivity index (χ3n) is 9.59. The number of nitrogens with zero attached hydrogens (tertiary/aromatic N) is 6. The Balaban J connectivity index is 1.05. The predicted molar refractivity (Wildman–Crippen MR) is 218 cm³/mol. The summed E-state index contributed by atoms with van der Waals surface area (Å²) in [4.78, 5) is 13.2. The van der Waals surface area contributed by atoms with Crippen LogP contribution < -0.4 is 9.47 Å². The van der Waals surface area contributed by atoms with Crippen molar-refractivity contribution in [2.24, 2.45) is 0 Å². The molecule has 2 aromatic heterocycles. The van der Waals surface area contributed by atoms with Gasteiger partial charge in [0.25, 0.3) is 0 Å². The van der Waals surface area contributed by atoms with E-state index < -0.39 is 12.6 Å². The zero-order valence-electron chi connectivity index (χ0n) is 30.1. The van der Waals surface area contributed by atoms with E-state index in [1.54, 1.807) is 24.3 Å². The molecule has 0 saturated heterocycles. The number of ether oxygens (including phenoxy) is 2. The molecule has 0 saturated carbocycles. The minimum absolute atomic E-state index is 0.0165. The Labute approximate surface area is 331 Å². The van der Waals surface area contributed by atoms with Gasteiger partial charge in [-0.25, -0.2) is 14.2 Å². The number of aromatic nitrogens is 6. The van der Waals surface area contributed by atoms with Crippen LogP contribution in [-0.2, 0) is 17.6 Å². The molecule has 0 bridgehead atoms. The van der Waals surface area contributed by atoms with Gasteiger partial charge >= 0.3 is 5.97 Å². The van der Waals surface area contributed by atoms with E-state index in [-0.39, 0.29) is 23.0 Å². The number of rotatable bonds is 10. The highest BCUT2D eigenvalue weighted by Crippen LogP contribution is 2.40. The average molecular weight is 783 g/mol. The summed E-state index contributed by atoms with van der Waals surface area (Å²) in [5, 5.41) is 53.6. The summed E-state index contributed by atoms with van der Waals surface area (Å²) in [5.74, 6) is -0.455. The largest absolute Gasteiger partial charge is 0.508 e. The molecular formula is C42H34N6O6S2. The average Bonchev–Trinajstić information content (AvgIpc) is 3.78. The maximum Gasteiger partial charge on any atom is 0.349 e. The highest BCUT2D eigenvalue weighted by molar-refractivity contribution is 7.80. The molecule has 2 heterocycles. The number of thiol groups is 2. The van der Waals surface area contributed by atoms with Crippen LogP contribution in [-0.4, -0.2) is 57.9 Å². The summed E-state index contributed by atoms with van der Waals surface area (Å²) in [6.07, 6.45) is 1.02. The molecule has 0 spiro atoms. The van der Waals surface area contributed by atoms with Gasteiger partial charge in [0.1, 0.15) is 61.6 Å². The van der Waals surface area contributed by atoms with E-state index in [1.807, 2.05) is 80.6 Å². The Hall–Kier alpha value is -6.51. The van der Waals surface area contributed by atoms with Gasteiger partial charge in [0.2, 0.25) is 0 Å². The number of aromatic hydroxyl groups is 3. The first-order valence-electron chi connectivity index (χ1n) is 17.7. The molecule has 0 radical (unpaired) electrons. The monoisotopic (exact) mass is 782 g/mol. The summed E-state index contributed by atoms with van der Waals surface area (Å²) in [6, 6.07) is 31.0. The number of aryl methyl sites for hydroxylation is 2. The van der Waals surface area contributed by atoms with E-state index in [0.717, 1.165) is 27.1 Å². The molecule has 6 aromatic carbocycles. The number of esters is 1. The fourth-order valence-electron chi connectivity index (χ4n) is 6.83. The molecule has 0 fully saturated rings. The lowest BCUT2D eigenvalue weighted by atomic mass is 10.0. The van der Waals surface area contributed by atoms with Crippen LogP contribution in [0.4, 0.5) is 0 Å². The van der Waals surface area contributed by atoms with Gasteiger partial charge in [0.05, 0.1) is 0 Å². The van der Waals surface area contributed by atoms with Crippen LogP contribution in [0.5, 0.6) is 28.7 Å². The minimum atomic E-state index is -0.676. The van der Waals surface area contributed by atoms with Gasteiger partial charge in [-0.1, -0.05) is 91.0 Å². The number of hydrogen-bond acceptors (Lipinski definition) is 12. The van der Waals surface area contributed by atoms with Gasteiger partial charge in [-0.2, -0.15) is 0 Å². The molecule has 56 heavy (non-hydrogen) atoms. The molecule has 8 rings (SSSR count). The summed E-state index contributed by atoms with van der Waals surface area (Å²) >= 11 is 9.19. The van der Waals surface area contributed by atoms with Crippen molar-refractivity contribution in [1.82, 2.24) is 30.0 Å². The Kier molecular flexibility index (Phi) is 9.74. The highest BCUT2D eigenvalue weighted by atomic mass is 32.1. The first kappa shape index (κ1) is 36.5. The Morgan fingerprint density at radius 1 is 0.643 bits per heavy atom. The third kappa shape index (κ3) is 6.62. The lowest BCUT2D eigenvalue weighted by Gasteiger charge is -2.15. The fourth-order valence-corrected chi connectivity index (χ4v) is 7.34. The third-order valence-corrected chi connectivity index (χ3v) is 10.2. The zero-order valence-corrected chi connectivity index (χ0v) is 31.9. The standard InChI is InChI=1S/C42H34N6O6S2/c1-3-23-17-32(35(50)20-34(23)49)47-40(42(56)44-45-47)30-14-8-11-26-15-16-27(19-31(26)30)53-22-38(52)54-37-21-36(51)33(18-24(37)4-2)48-39(41(55)43-46-48)29-13-7-10-25-9-5-6-12-28(25)29/h5-21,49-51,55-56H,3-4,22H2,1-2H3. The molecule has 0 amide bonds. The number of carbonyl (C=O) groups is 1. The van der Waals surface area contributed by atoms with Crippen molar-refractivity contribution in [3.05, 3.63) is 114 Å². The summed E-state index contributed by atoms with van der Waals surface area (Å²) in [6.45, 7) is 3.39. The van der Waals surface area contributed by atoms with E-state index in [0.29, 0.717) is 68.1 Å². The van der Waals surface area contributed by atoms with Crippen molar-refractivity contribution in [3.8, 4) is 62.6 Å². The number of hydrogen-bond donors (Lipinski definition) is 5. The molecule has 0 aliphatic rings. The number of benzene rings is 6. The van der Waals surface area contributed by atoms with Crippen molar-refractivity contribution in [2.45, 2.75) is 36.7 Å². The Morgan fingerprint density at radius 3 is 1.88 bits per heavy atom. The van der Waals surface area contributed by atoms with E-state index in [2.05, 4.69) is 45.9 Å². The smallest absolute Gasteiger partial charge is 0.349 e. The van der Waals surface area contributed by atoms with Gasteiger partial charge in [-0.15, -0.1) is 35.5 Å². The quantitative estimate of drug-likeness (QED) is 0.0520. The van der Waals surface area contributed by atoms with Crippen molar-refractivity contribution >= 4 is 52.8 Å². The van der Waals surface area contributed by atoms with E-state index >= 15 is 0 Å². The first-order valence-corrected chi connectivity index (χ1v) is 18.6. The normalized spacial score (nSPS) is 11.4. The second-order valence-electron chi connectivity index (χ2n) is 13.0. The van der Waals surface area contributed by atoms with Gasteiger partial charge in [0, 0.05) is 23.3 Å². The van der Waals surface area contributed by atoms with E-state index in [4.69, 9.17) is 9.47 Å². The molecule has 14 heteroatoms. The second kappa shape index (κ2) is 15.0. The Bertz CT molecular complexity index is 2810. The molecule has 0 atom stereocenters. The molecule has 280 valence electrons. The minimum Gasteiger partial charge on any atom is -0.508 e. The molecule has 3 N–H and O–H groups in total. The van der Waals surface area contributed by atoms with Crippen LogP contribution in [0.3, 0.4) is 0 Å². The molecule has 0 aliphatic carbocycles. The lowest BCUT2D eigenvalue weighted by molar-refractivity contribution is -0.136. The summed E-state index contributed by atoms with van der Waals surface area (Å²) in [5.41, 5.74) is 4.63. The van der Waals surface area contributed by atoms with Crippen LogP contribution in [0.2, 0.25) is 0 Å². The van der Waals surface area contributed by atoms with Crippen LogP contribution in [0, 0.1) is 0 Å². The number of fused-ring (bicyclic) bond motifs is 2. The Morgan fingerprint density at radius 2 is 1.21 bits per heavy atom. The van der Waals surface area contributed by atoms with Crippen LogP contribution >= 0.6 is 25.3 Å². The number of phenolic OH excluding ortho intramolecular Hbond substituents is 3. The first-order chi connectivity index (χ1) is 27.1. The molecule has 0 aliphatic heterocycles. The maximum absolute atomic E-state index is 13.2. The molecule has 8 aromatic rings. The molecule has 0 unspecified atom stereocenters. The molecule has 12 nitrogen and oxygen atoms in total. The summed E-state index contributed by atoms with van der Waals surface area (Å²) < 4.78 is 14.7. The molecular weight excluding hydrogens is 749 g/mol. The highest BCUT2D eigenvalue weighted by Gasteiger charge is 2.23. The van der Waals surface area contributed by atoms with Crippen molar-refractivity contribution in [2.75, 3.05) is 6.61 Å². The second-order valence-corrected chi connectivity index (χ2v) is 13.8. The lowest BCUT2D eigenvalue weighted by Crippen LogP contribution is -2.18. The zero-order chi connectivity index (χ0) is 39.1.